The fourth-order valence-electron chi connectivity index (χ4n) is 3.28. The van der Waals surface area contributed by atoms with Gasteiger partial charge in [0.05, 0.1) is 18.6 Å². The van der Waals surface area contributed by atoms with E-state index in [1.165, 1.54) is 19.2 Å². The summed E-state index contributed by atoms with van der Waals surface area (Å²) in [7, 11) is 1.53. The van der Waals surface area contributed by atoms with E-state index in [9.17, 15) is 14.0 Å². The number of benzene rings is 3. The summed E-state index contributed by atoms with van der Waals surface area (Å²) in [6.07, 6.45) is 1.64. The van der Waals surface area contributed by atoms with Crippen LogP contribution >= 0.6 is 11.8 Å². The summed E-state index contributed by atoms with van der Waals surface area (Å²) in [5.74, 6) is 1.04. The van der Waals surface area contributed by atoms with E-state index < -0.39 is 5.91 Å². The SMILES string of the molecule is COc1cc(/C=C2\SC(=O)N(Cc3ccc(F)cc3)C2=O)ccc1OCCOc1ccccc1. The average Bonchev–Trinajstić information content (AvgIpc) is 3.11. The quantitative estimate of drug-likeness (QED) is 0.297. The minimum atomic E-state index is -0.392. The molecular formula is C26H22FNO5S. The van der Waals surface area contributed by atoms with Crippen LogP contribution in [0.1, 0.15) is 11.1 Å². The molecule has 3 aromatic carbocycles. The number of carbonyl (C=O) groups is 2. The van der Waals surface area contributed by atoms with Gasteiger partial charge in [-0.25, -0.2) is 4.39 Å². The molecule has 1 aliphatic rings. The van der Waals surface area contributed by atoms with Crippen molar-refractivity contribution in [3.8, 4) is 17.2 Å². The number of nitrogens with zero attached hydrogens (tertiary/aromatic N) is 1. The van der Waals surface area contributed by atoms with Crippen molar-refractivity contribution in [3.63, 3.8) is 0 Å². The third kappa shape index (κ3) is 5.77. The summed E-state index contributed by atoms with van der Waals surface area (Å²) >= 11 is 0.867. The molecule has 0 aliphatic carbocycles. The Hall–Kier alpha value is -3.78. The lowest BCUT2D eigenvalue weighted by Gasteiger charge is -2.13. The van der Waals surface area contributed by atoms with Crippen LogP contribution in [-0.2, 0) is 11.3 Å². The maximum Gasteiger partial charge on any atom is 0.293 e. The van der Waals surface area contributed by atoms with Crippen molar-refractivity contribution in [2.24, 2.45) is 0 Å². The molecule has 1 aliphatic heterocycles. The Morgan fingerprint density at radius 2 is 1.65 bits per heavy atom. The minimum absolute atomic E-state index is 0.0867. The number of rotatable bonds is 9. The number of halogens is 1. The van der Waals surface area contributed by atoms with Crippen molar-refractivity contribution in [1.29, 1.82) is 0 Å². The van der Waals surface area contributed by atoms with Crippen molar-refractivity contribution in [1.82, 2.24) is 4.90 Å². The normalized spacial score (nSPS) is 14.5. The van der Waals surface area contributed by atoms with Crippen molar-refractivity contribution in [2.75, 3.05) is 20.3 Å². The van der Waals surface area contributed by atoms with Gasteiger partial charge in [0.15, 0.2) is 11.5 Å². The van der Waals surface area contributed by atoms with Gasteiger partial charge in [-0.1, -0.05) is 36.4 Å². The number of methoxy groups -OCH3 is 1. The number of ether oxygens (including phenoxy) is 3. The van der Waals surface area contributed by atoms with Gasteiger partial charge in [-0.05, 0) is 65.4 Å². The predicted molar refractivity (Wildman–Crippen MR) is 128 cm³/mol. The fourth-order valence-corrected chi connectivity index (χ4v) is 4.12. The van der Waals surface area contributed by atoms with Gasteiger partial charge in [0, 0.05) is 0 Å². The van der Waals surface area contributed by atoms with E-state index in [4.69, 9.17) is 14.2 Å². The number of carbonyl (C=O) groups excluding carboxylic acids is 2. The van der Waals surface area contributed by atoms with Crippen LogP contribution in [0, 0.1) is 5.82 Å². The van der Waals surface area contributed by atoms with Crippen molar-refractivity contribution >= 4 is 29.0 Å². The second kappa shape index (κ2) is 10.9. The van der Waals surface area contributed by atoms with Gasteiger partial charge in [-0.3, -0.25) is 14.5 Å². The molecule has 34 heavy (non-hydrogen) atoms. The van der Waals surface area contributed by atoms with Gasteiger partial charge in [0.1, 0.15) is 24.8 Å². The minimum Gasteiger partial charge on any atom is -0.493 e. The van der Waals surface area contributed by atoms with Gasteiger partial charge in [0.2, 0.25) is 0 Å². The summed E-state index contributed by atoms with van der Waals surface area (Å²) in [5, 5.41) is -0.370. The summed E-state index contributed by atoms with van der Waals surface area (Å²) in [5.41, 5.74) is 1.36. The van der Waals surface area contributed by atoms with Gasteiger partial charge in [0.25, 0.3) is 11.1 Å². The molecule has 0 N–H and O–H groups in total. The fraction of sp³-hybridized carbons (Fsp3) is 0.154. The van der Waals surface area contributed by atoms with Crippen LogP contribution in [0.25, 0.3) is 6.08 Å². The van der Waals surface area contributed by atoms with Crippen molar-refractivity contribution in [2.45, 2.75) is 6.54 Å². The zero-order valence-electron chi connectivity index (χ0n) is 18.4. The van der Waals surface area contributed by atoms with E-state index in [2.05, 4.69) is 0 Å². The molecule has 1 heterocycles. The number of para-hydroxylation sites is 1. The zero-order chi connectivity index (χ0) is 23.9. The van der Waals surface area contributed by atoms with Gasteiger partial charge >= 0.3 is 0 Å². The number of thioether (sulfide) groups is 1. The maximum atomic E-state index is 13.1. The Labute approximate surface area is 200 Å². The van der Waals surface area contributed by atoms with Crippen LogP contribution < -0.4 is 14.2 Å². The molecule has 3 aromatic rings. The maximum absolute atomic E-state index is 13.1. The van der Waals surface area contributed by atoms with Crippen LogP contribution in [0.4, 0.5) is 9.18 Å². The highest BCUT2D eigenvalue weighted by molar-refractivity contribution is 8.18. The summed E-state index contributed by atoms with van der Waals surface area (Å²) in [6.45, 7) is 0.784. The van der Waals surface area contributed by atoms with Crippen LogP contribution in [0.2, 0.25) is 0 Å². The molecule has 8 heteroatoms. The second-order valence-corrected chi connectivity index (χ2v) is 8.31. The molecule has 174 valence electrons. The Balaban J connectivity index is 1.39. The Morgan fingerprint density at radius 1 is 0.912 bits per heavy atom. The van der Waals surface area contributed by atoms with E-state index >= 15 is 0 Å². The molecule has 0 saturated carbocycles. The smallest absolute Gasteiger partial charge is 0.293 e. The number of amides is 2. The number of imide groups is 1. The standard InChI is InChI=1S/C26H22FNO5S/c1-31-23-15-19(9-12-22(23)33-14-13-32-21-5-3-2-4-6-21)16-24-25(29)28(26(30)34-24)17-18-7-10-20(27)11-8-18/h2-12,15-16H,13-14,17H2,1H3/b24-16-. The lowest BCUT2D eigenvalue weighted by atomic mass is 10.1. The number of hydrogen-bond donors (Lipinski definition) is 0. The molecule has 4 rings (SSSR count). The van der Waals surface area contributed by atoms with Crippen LogP contribution in [0.15, 0.2) is 77.7 Å². The molecule has 0 spiro atoms. The molecule has 1 fully saturated rings. The van der Waals surface area contributed by atoms with E-state index in [0.29, 0.717) is 40.7 Å². The summed E-state index contributed by atoms with van der Waals surface area (Å²) in [4.78, 5) is 26.6. The topological polar surface area (TPSA) is 65.1 Å². The first-order valence-electron chi connectivity index (χ1n) is 10.5. The molecule has 1 saturated heterocycles. The molecular weight excluding hydrogens is 457 g/mol. The molecule has 0 bridgehead atoms. The zero-order valence-corrected chi connectivity index (χ0v) is 19.2. The lowest BCUT2D eigenvalue weighted by molar-refractivity contribution is -0.123. The molecule has 2 amide bonds. The molecule has 0 radical (unpaired) electrons. The first kappa shape index (κ1) is 23.4. The third-order valence-electron chi connectivity index (χ3n) is 4.97. The largest absolute Gasteiger partial charge is 0.493 e. The van der Waals surface area contributed by atoms with Gasteiger partial charge in [-0.15, -0.1) is 0 Å². The second-order valence-electron chi connectivity index (χ2n) is 7.31. The van der Waals surface area contributed by atoms with Crippen LogP contribution in [-0.4, -0.2) is 36.4 Å². The Bertz CT molecular complexity index is 1200. The van der Waals surface area contributed by atoms with E-state index in [1.807, 2.05) is 30.3 Å². The predicted octanol–water partition coefficient (Wildman–Crippen LogP) is 5.53. The third-order valence-corrected chi connectivity index (χ3v) is 5.87. The molecule has 6 nitrogen and oxygen atoms in total. The van der Waals surface area contributed by atoms with E-state index in [1.54, 1.807) is 36.4 Å². The lowest BCUT2D eigenvalue weighted by Crippen LogP contribution is -2.27. The van der Waals surface area contributed by atoms with Crippen LogP contribution in [0.5, 0.6) is 17.2 Å². The van der Waals surface area contributed by atoms with E-state index in [0.717, 1.165) is 22.4 Å². The highest BCUT2D eigenvalue weighted by atomic mass is 32.2. The summed E-state index contributed by atoms with van der Waals surface area (Å²) in [6, 6.07) is 20.4. The molecule has 0 unspecified atom stereocenters. The van der Waals surface area contributed by atoms with Gasteiger partial charge < -0.3 is 14.2 Å². The van der Waals surface area contributed by atoms with Crippen molar-refractivity contribution < 1.29 is 28.2 Å². The Kier molecular flexibility index (Phi) is 7.49. The first-order chi connectivity index (χ1) is 16.5. The number of hydrogen-bond acceptors (Lipinski definition) is 6. The van der Waals surface area contributed by atoms with Crippen LogP contribution in [0.3, 0.4) is 0 Å². The highest BCUT2D eigenvalue weighted by Gasteiger charge is 2.35. The first-order valence-corrected chi connectivity index (χ1v) is 11.3. The van der Waals surface area contributed by atoms with Crippen molar-refractivity contribution in [3.05, 3.63) is 94.6 Å². The van der Waals surface area contributed by atoms with E-state index in [-0.39, 0.29) is 17.6 Å². The highest BCUT2D eigenvalue weighted by Crippen LogP contribution is 2.35. The average molecular weight is 480 g/mol. The Morgan fingerprint density at radius 3 is 2.38 bits per heavy atom. The molecule has 0 atom stereocenters. The van der Waals surface area contributed by atoms with Gasteiger partial charge in [-0.2, -0.15) is 0 Å². The summed E-state index contributed by atoms with van der Waals surface area (Å²) < 4.78 is 29.9. The monoisotopic (exact) mass is 479 g/mol. The molecule has 0 aromatic heterocycles.